The predicted molar refractivity (Wildman–Crippen MR) is 72.3 cm³/mol. The highest BCUT2D eigenvalue weighted by molar-refractivity contribution is 7.89. The molecule has 0 saturated heterocycles. The maximum Gasteiger partial charge on any atom is 0.240 e. The fraction of sp³-hybridized carbons (Fsp3) is 0.538. The Morgan fingerprint density at radius 2 is 1.83 bits per heavy atom. The standard InChI is InChI=1S/C13H21NO3S/c1-4-9-14-18(15,16)13-7-5-12(6-8-13)17-10-11(2)3/h5-8,11,14H,4,9-10H2,1-3H3. The Kier molecular flexibility index (Phi) is 5.62. The van der Waals surface area contributed by atoms with Crippen molar-refractivity contribution >= 4 is 10.0 Å². The molecule has 0 atom stereocenters. The number of nitrogens with one attached hydrogen (secondary N) is 1. The number of hydrogen-bond acceptors (Lipinski definition) is 3. The Hall–Kier alpha value is -1.07. The lowest BCUT2D eigenvalue weighted by Gasteiger charge is -2.09. The predicted octanol–water partition coefficient (Wildman–Crippen LogP) is 2.41. The van der Waals surface area contributed by atoms with E-state index < -0.39 is 10.0 Å². The largest absolute Gasteiger partial charge is 0.493 e. The molecule has 0 heterocycles. The molecule has 0 aliphatic heterocycles. The zero-order valence-corrected chi connectivity index (χ0v) is 12.0. The zero-order valence-electron chi connectivity index (χ0n) is 11.1. The second-order valence-corrected chi connectivity index (χ2v) is 6.34. The van der Waals surface area contributed by atoms with E-state index in [9.17, 15) is 8.42 Å². The van der Waals surface area contributed by atoms with Crippen LogP contribution in [0.5, 0.6) is 5.75 Å². The first kappa shape index (κ1) is 15.0. The van der Waals surface area contributed by atoms with Crippen LogP contribution in [-0.2, 0) is 10.0 Å². The molecule has 0 aliphatic carbocycles. The first-order valence-corrected chi connectivity index (χ1v) is 7.66. The van der Waals surface area contributed by atoms with Gasteiger partial charge < -0.3 is 4.74 Å². The van der Waals surface area contributed by atoms with Crippen molar-refractivity contribution in [2.45, 2.75) is 32.1 Å². The van der Waals surface area contributed by atoms with Gasteiger partial charge >= 0.3 is 0 Å². The summed E-state index contributed by atoms with van der Waals surface area (Å²) in [6, 6.07) is 6.49. The SMILES string of the molecule is CCCNS(=O)(=O)c1ccc(OCC(C)C)cc1. The van der Waals surface area contributed by atoms with Crippen LogP contribution in [0.25, 0.3) is 0 Å². The minimum atomic E-state index is -3.38. The summed E-state index contributed by atoms with van der Waals surface area (Å²) in [5, 5.41) is 0. The minimum absolute atomic E-state index is 0.271. The maximum absolute atomic E-state index is 11.8. The Morgan fingerprint density at radius 1 is 1.22 bits per heavy atom. The number of ether oxygens (including phenoxy) is 1. The molecule has 0 bridgehead atoms. The van der Waals surface area contributed by atoms with Crippen molar-refractivity contribution in [1.29, 1.82) is 0 Å². The Bertz CT molecular complexity index is 452. The van der Waals surface area contributed by atoms with Crippen LogP contribution in [0.3, 0.4) is 0 Å². The van der Waals surface area contributed by atoms with E-state index in [2.05, 4.69) is 18.6 Å². The van der Waals surface area contributed by atoms with Crippen LogP contribution in [0, 0.1) is 5.92 Å². The topological polar surface area (TPSA) is 55.4 Å². The zero-order chi connectivity index (χ0) is 13.6. The molecule has 1 rings (SSSR count). The minimum Gasteiger partial charge on any atom is -0.493 e. The molecule has 5 heteroatoms. The Morgan fingerprint density at radius 3 is 2.33 bits per heavy atom. The maximum atomic E-state index is 11.8. The fourth-order valence-corrected chi connectivity index (χ4v) is 2.43. The van der Waals surface area contributed by atoms with Gasteiger partial charge in [-0.2, -0.15) is 0 Å². The van der Waals surface area contributed by atoms with Crippen molar-refractivity contribution < 1.29 is 13.2 Å². The monoisotopic (exact) mass is 271 g/mol. The molecular weight excluding hydrogens is 250 g/mol. The van der Waals surface area contributed by atoms with Crippen molar-refractivity contribution in [3.63, 3.8) is 0 Å². The van der Waals surface area contributed by atoms with Gasteiger partial charge in [-0.3, -0.25) is 0 Å². The molecule has 0 aliphatic rings. The van der Waals surface area contributed by atoms with Crippen LogP contribution in [0.4, 0.5) is 0 Å². The highest BCUT2D eigenvalue weighted by Crippen LogP contribution is 2.16. The molecule has 0 spiro atoms. The average molecular weight is 271 g/mol. The highest BCUT2D eigenvalue weighted by Gasteiger charge is 2.12. The number of benzene rings is 1. The molecule has 1 aromatic rings. The summed E-state index contributed by atoms with van der Waals surface area (Å²) in [4.78, 5) is 0.271. The van der Waals surface area contributed by atoms with Gasteiger partial charge in [-0.1, -0.05) is 20.8 Å². The van der Waals surface area contributed by atoms with Gasteiger partial charge in [-0.05, 0) is 36.6 Å². The third-order valence-corrected chi connectivity index (χ3v) is 3.74. The summed E-state index contributed by atoms with van der Waals surface area (Å²) in [5.74, 6) is 1.14. The van der Waals surface area contributed by atoms with Gasteiger partial charge in [-0.25, -0.2) is 13.1 Å². The van der Waals surface area contributed by atoms with Gasteiger partial charge in [0.05, 0.1) is 11.5 Å². The molecule has 0 unspecified atom stereocenters. The van der Waals surface area contributed by atoms with Crippen molar-refractivity contribution in [3.05, 3.63) is 24.3 Å². The molecule has 1 aromatic carbocycles. The van der Waals surface area contributed by atoms with Crippen LogP contribution in [0.15, 0.2) is 29.2 Å². The van der Waals surface area contributed by atoms with Crippen LogP contribution < -0.4 is 9.46 Å². The van der Waals surface area contributed by atoms with Crippen molar-refractivity contribution in [1.82, 2.24) is 4.72 Å². The quantitative estimate of drug-likeness (QED) is 0.828. The molecule has 0 amide bonds. The molecule has 0 fully saturated rings. The van der Waals surface area contributed by atoms with Crippen molar-refractivity contribution in [2.75, 3.05) is 13.2 Å². The second-order valence-electron chi connectivity index (χ2n) is 4.57. The van der Waals surface area contributed by atoms with E-state index >= 15 is 0 Å². The summed E-state index contributed by atoms with van der Waals surface area (Å²) in [7, 11) is -3.38. The lowest BCUT2D eigenvalue weighted by molar-refractivity contribution is 0.271. The molecule has 4 nitrogen and oxygen atoms in total. The lowest BCUT2D eigenvalue weighted by Crippen LogP contribution is -2.24. The fourth-order valence-electron chi connectivity index (χ4n) is 1.30. The first-order valence-electron chi connectivity index (χ1n) is 6.18. The molecule has 0 radical (unpaired) electrons. The van der Waals surface area contributed by atoms with E-state index in [1.165, 1.54) is 0 Å². The molecule has 0 aromatic heterocycles. The summed E-state index contributed by atoms with van der Waals surface area (Å²) in [5.41, 5.74) is 0. The normalized spacial score (nSPS) is 11.8. The number of rotatable bonds is 7. The van der Waals surface area contributed by atoms with Gasteiger partial charge in [0, 0.05) is 6.54 Å². The number of sulfonamides is 1. The van der Waals surface area contributed by atoms with Gasteiger partial charge in [-0.15, -0.1) is 0 Å². The van der Waals surface area contributed by atoms with Gasteiger partial charge in [0.25, 0.3) is 0 Å². The van der Waals surface area contributed by atoms with Crippen LogP contribution in [0.1, 0.15) is 27.2 Å². The van der Waals surface area contributed by atoms with Crippen LogP contribution in [-0.4, -0.2) is 21.6 Å². The van der Waals surface area contributed by atoms with E-state index in [4.69, 9.17) is 4.74 Å². The van der Waals surface area contributed by atoms with E-state index in [0.29, 0.717) is 24.8 Å². The Balaban J connectivity index is 2.70. The van der Waals surface area contributed by atoms with Crippen molar-refractivity contribution in [2.24, 2.45) is 5.92 Å². The Labute approximate surface area is 109 Å². The molecular formula is C13H21NO3S. The van der Waals surface area contributed by atoms with Crippen LogP contribution in [0.2, 0.25) is 0 Å². The first-order chi connectivity index (χ1) is 8.45. The molecule has 102 valence electrons. The summed E-state index contributed by atoms with van der Waals surface area (Å²) in [6.45, 7) is 7.13. The number of hydrogen-bond donors (Lipinski definition) is 1. The molecule has 0 saturated carbocycles. The third kappa shape index (κ3) is 4.66. The van der Waals surface area contributed by atoms with Gasteiger partial charge in [0.2, 0.25) is 10.0 Å². The third-order valence-electron chi connectivity index (χ3n) is 2.26. The lowest BCUT2D eigenvalue weighted by atomic mass is 10.2. The highest BCUT2D eigenvalue weighted by atomic mass is 32.2. The summed E-state index contributed by atoms with van der Waals surface area (Å²) < 4.78 is 31.7. The van der Waals surface area contributed by atoms with E-state index in [0.717, 1.165) is 6.42 Å². The van der Waals surface area contributed by atoms with Gasteiger partial charge in [0.1, 0.15) is 5.75 Å². The smallest absolute Gasteiger partial charge is 0.240 e. The van der Waals surface area contributed by atoms with E-state index in [-0.39, 0.29) is 4.90 Å². The van der Waals surface area contributed by atoms with E-state index in [1.807, 2.05) is 6.92 Å². The van der Waals surface area contributed by atoms with E-state index in [1.54, 1.807) is 24.3 Å². The average Bonchev–Trinajstić information content (AvgIpc) is 2.34. The summed E-state index contributed by atoms with van der Waals surface area (Å²) >= 11 is 0. The van der Waals surface area contributed by atoms with Crippen LogP contribution >= 0.6 is 0 Å². The molecule has 1 N–H and O–H groups in total. The summed E-state index contributed by atoms with van der Waals surface area (Å²) in [6.07, 6.45) is 0.773. The van der Waals surface area contributed by atoms with Crippen molar-refractivity contribution in [3.8, 4) is 5.75 Å². The molecule has 18 heavy (non-hydrogen) atoms. The van der Waals surface area contributed by atoms with Gasteiger partial charge in [0.15, 0.2) is 0 Å². The second kappa shape index (κ2) is 6.75.